The minimum absolute atomic E-state index is 0.0382. The van der Waals surface area contributed by atoms with Gasteiger partial charge in [0.1, 0.15) is 41.7 Å². The Morgan fingerprint density at radius 1 is 0.942 bits per heavy atom. The van der Waals surface area contributed by atoms with E-state index in [4.69, 9.17) is 37.6 Å². The molecule has 4 bridgehead atoms. The number of ether oxygens (including phenoxy) is 7. The molecule has 1 aromatic heterocycles. The van der Waals surface area contributed by atoms with Crippen LogP contribution in [0.5, 0.6) is 0 Å². The summed E-state index contributed by atoms with van der Waals surface area (Å²) < 4.78 is 49.2. The van der Waals surface area contributed by atoms with Crippen molar-refractivity contribution in [1.82, 2.24) is 0 Å². The number of furan rings is 1. The monoisotopic (exact) mass is 732 g/mol. The van der Waals surface area contributed by atoms with Crippen molar-refractivity contribution < 1.29 is 76.9 Å². The first kappa shape index (κ1) is 35.5. The zero-order valence-corrected chi connectivity index (χ0v) is 30.0. The summed E-state index contributed by atoms with van der Waals surface area (Å²) in [6.07, 6.45) is -5.99. The molecule has 16 heteroatoms. The fraction of sp³-hybridized carbons (Fsp3) is 0.750. The molecule has 0 amide bonds. The summed E-state index contributed by atoms with van der Waals surface area (Å²) in [5, 5.41) is 41.1. The number of cyclic esters (lactones) is 1. The van der Waals surface area contributed by atoms with Gasteiger partial charge in [-0.1, -0.05) is 20.8 Å². The highest BCUT2D eigenvalue weighted by atomic mass is 16.8. The van der Waals surface area contributed by atoms with E-state index in [2.05, 4.69) is 0 Å². The maximum atomic E-state index is 14.3. The van der Waals surface area contributed by atoms with Gasteiger partial charge in [-0.15, -0.1) is 0 Å². The molecule has 7 aliphatic rings. The highest BCUT2D eigenvalue weighted by Gasteiger charge is 3.04. The lowest BCUT2D eigenvalue weighted by molar-refractivity contribution is -0.450. The van der Waals surface area contributed by atoms with Crippen LogP contribution in [0.2, 0.25) is 0 Å². The second-order valence-electron chi connectivity index (χ2n) is 16.4. The van der Waals surface area contributed by atoms with Crippen LogP contribution < -0.4 is 0 Å². The lowest BCUT2D eigenvalue weighted by Gasteiger charge is -2.77. The minimum Gasteiger partial charge on any atom is -0.472 e. The van der Waals surface area contributed by atoms with Crippen molar-refractivity contribution in [3.05, 3.63) is 24.2 Å². The van der Waals surface area contributed by atoms with Gasteiger partial charge in [-0.3, -0.25) is 24.0 Å². The molecule has 16 nitrogen and oxygen atoms in total. The second kappa shape index (κ2) is 10.3. The molecule has 3 aliphatic heterocycles. The molecule has 3 saturated heterocycles. The van der Waals surface area contributed by atoms with Gasteiger partial charge >= 0.3 is 29.8 Å². The number of carbonyl (C=O) groups is 5. The number of fused-ring (bicyclic) bond motifs is 4. The average Bonchev–Trinajstić information content (AvgIpc) is 3.85. The molecule has 1 unspecified atom stereocenters. The average molecular weight is 733 g/mol. The molecule has 7 fully saturated rings. The van der Waals surface area contributed by atoms with Crippen molar-refractivity contribution in [3.63, 3.8) is 0 Å². The van der Waals surface area contributed by atoms with E-state index in [1.54, 1.807) is 26.8 Å². The van der Waals surface area contributed by atoms with Crippen molar-refractivity contribution in [2.45, 2.75) is 133 Å². The van der Waals surface area contributed by atoms with Gasteiger partial charge < -0.3 is 52.9 Å². The Bertz CT molecular complexity index is 1780. The van der Waals surface area contributed by atoms with Gasteiger partial charge in [0.15, 0.2) is 23.6 Å². The first-order chi connectivity index (χ1) is 24.2. The molecular formula is C36H44O16. The van der Waals surface area contributed by atoms with E-state index in [9.17, 15) is 39.3 Å². The number of rotatable bonds is 7. The van der Waals surface area contributed by atoms with Crippen molar-refractivity contribution in [3.8, 4) is 0 Å². The molecule has 1 aromatic rings. The first-order valence-electron chi connectivity index (χ1n) is 17.6. The zero-order chi connectivity index (χ0) is 37.8. The van der Waals surface area contributed by atoms with E-state index < -0.39 is 130 Å². The third-order valence-corrected chi connectivity index (χ3v) is 14.2. The van der Waals surface area contributed by atoms with E-state index >= 15 is 0 Å². The first-order valence-corrected chi connectivity index (χ1v) is 17.6. The Morgan fingerprint density at radius 3 is 2.17 bits per heavy atom. The molecule has 0 aromatic carbocycles. The number of aliphatic hydroxyl groups is 3. The molecule has 8 rings (SSSR count). The fourth-order valence-electron chi connectivity index (χ4n) is 12.8. The van der Waals surface area contributed by atoms with Crippen molar-refractivity contribution in [2.24, 2.45) is 28.1 Å². The Labute approximate surface area is 298 Å². The highest BCUT2D eigenvalue weighted by Crippen LogP contribution is 2.87. The molecule has 4 heterocycles. The van der Waals surface area contributed by atoms with Crippen LogP contribution in [-0.2, 0) is 57.1 Å². The number of carbonyl (C=O) groups excluding carboxylic acids is 5. The van der Waals surface area contributed by atoms with Crippen LogP contribution >= 0.6 is 0 Å². The summed E-state index contributed by atoms with van der Waals surface area (Å²) in [6, 6.07) is 1.55. The van der Waals surface area contributed by atoms with Gasteiger partial charge in [-0.2, -0.15) is 0 Å². The van der Waals surface area contributed by atoms with Crippen LogP contribution in [0.25, 0.3) is 0 Å². The maximum Gasteiger partial charge on any atom is 0.306 e. The van der Waals surface area contributed by atoms with Crippen LogP contribution in [0.3, 0.4) is 0 Å². The summed E-state index contributed by atoms with van der Waals surface area (Å²) in [7, 11) is 0. The van der Waals surface area contributed by atoms with Gasteiger partial charge in [-0.05, 0) is 24.8 Å². The van der Waals surface area contributed by atoms with Gasteiger partial charge in [0.2, 0.25) is 0 Å². The number of hydrogen-bond donors (Lipinski definition) is 3. The Balaban J connectivity index is 1.52. The van der Waals surface area contributed by atoms with Crippen molar-refractivity contribution >= 4 is 29.8 Å². The largest absolute Gasteiger partial charge is 0.472 e. The SMILES string of the molecule is CCC12C[C@@H]3[C@](C)([C@@H](OC(C)=O)c4ccoc4)[C@@H](OC(C)=O)[C@@H](OC(C)=O)[C@@]4(O)[C@]3(O1)[C@H](O2)[C@@]1(O)[C@@H](OC(C)=O)[C@]2(C)C[C@@]1(O)[C@]41COC(=O)C[C@@H]21. The predicted molar refractivity (Wildman–Crippen MR) is 167 cm³/mol. The second-order valence-corrected chi connectivity index (χ2v) is 16.4. The Hall–Kier alpha value is -3.57. The standard InChI is InChI=1S/C36H44O16/c1-8-31-12-22-30(7,24(47-16(2)37)20-9-10-45-13-20)25(48-17(3)38)26(49-18(4)39)36(44)32-15-46-23(41)11-21(32)29(6)14-33(32,42)34(43,27(29)50-19(5)40)28(51-31)35(22,36)52-31/h9-10,13,21-22,24-28,42-44H,8,11-12,14-15H2,1-7H3/t21-,22+,24-,25-,26+,27-,28+,29+,30+,31?,32+,33+,34-,35+,36-/m0/s1. The van der Waals surface area contributed by atoms with Crippen LogP contribution in [0.15, 0.2) is 23.0 Å². The number of hydrogen-bond acceptors (Lipinski definition) is 16. The van der Waals surface area contributed by atoms with Crippen LogP contribution in [0.1, 0.15) is 85.8 Å². The number of esters is 5. The third kappa shape index (κ3) is 3.54. The molecule has 0 radical (unpaired) electrons. The summed E-state index contributed by atoms with van der Waals surface area (Å²) >= 11 is 0. The van der Waals surface area contributed by atoms with E-state index in [0.29, 0.717) is 5.56 Å². The molecule has 284 valence electrons. The summed E-state index contributed by atoms with van der Waals surface area (Å²) in [5.41, 5.74) is -14.7. The molecule has 2 spiro atoms. The lowest BCUT2D eigenvalue weighted by Crippen LogP contribution is -2.97. The van der Waals surface area contributed by atoms with Gasteiger partial charge in [-0.25, -0.2) is 0 Å². The molecule has 52 heavy (non-hydrogen) atoms. The Morgan fingerprint density at radius 2 is 1.60 bits per heavy atom. The zero-order valence-electron chi connectivity index (χ0n) is 30.0. The topological polar surface area (TPSA) is 224 Å². The van der Waals surface area contributed by atoms with E-state index in [1.165, 1.54) is 19.5 Å². The molecular weight excluding hydrogens is 688 g/mol. The van der Waals surface area contributed by atoms with Crippen LogP contribution in [0, 0.1) is 28.1 Å². The highest BCUT2D eigenvalue weighted by molar-refractivity contribution is 5.74. The predicted octanol–water partition coefficient (Wildman–Crippen LogP) is 1.16. The van der Waals surface area contributed by atoms with Crippen LogP contribution in [-0.4, -0.2) is 104 Å². The molecule has 4 saturated carbocycles. The fourth-order valence-corrected chi connectivity index (χ4v) is 12.8. The smallest absolute Gasteiger partial charge is 0.306 e. The molecule has 4 aliphatic carbocycles. The van der Waals surface area contributed by atoms with E-state index in [0.717, 1.165) is 20.8 Å². The lowest BCUT2D eigenvalue weighted by atomic mass is 9.32. The third-order valence-electron chi connectivity index (χ3n) is 14.2. The van der Waals surface area contributed by atoms with Crippen molar-refractivity contribution in [2.75, 3.05) is 6.61 Å². The van der Waals surface area contributed by atoms with Gasteiger partial charge in [0.05, 0.1) is 23.4 Å². The molecule has 15 atom stereocenters. The minimum atomic E-state index is -2.67. The molecule has 3 N–H and O–H groups in total. The van der Waals surface area contributed by atoms with E-state index in [1.807, 2.05) is 0 Å². The summed E-state index contributed by atoms with van der Waals surface area (Å²) in [4.78, 5) is 65.5. The van der Waals surface area contributed by atoms with Crippen LogP contribution in [0.4, 0.5) is 0 Å². The summed E-state index contributed by atoms with van der Waals surface area (Å²) in [5.74, 6) is -7.73. The summed E-state index contributed by atoms with van der Waals surface area (Å²) in [6.45, 7) is 8.94. The van der Waals surface area contributed by atoms with Crippen molar-refractivity contribution in [1.29, 1.82) is 0 Å². The van der Waals surface area contributed by atoms with Gasteiger partial charge in [0.25, 0.3) is 0 Å². The normalized spacial score (nSPS) is 50.8. The Kier molecular flexibility index (Phi) is 7.05. The van der Waals surface area contributed by atoms with E-state index in [-0.39, 0.29) is 19.3 Å². The maximum absolute atomic E-state index is 14.3. The quantitative estimate of drug-likeness (QED) is 0.264. The van der Waals surface area contributed by atoms with Gasteiger partial charge in [0, 0.05) is 57.4 Å².